The van der Waals surface area contributed by atoms with Crippen LogP contribution in [0.5, 0.6) is 5.75 Å². The van der Waals surface area contributed by atoms with Crippen LogP contribution in [0.15, 0.2) is 12.1 Å². The highest BCUT2D eigenvalue weighted by Gasteiger charge is 2.32. The fraction of sp³-hybridized carbons (Fsp3) is 0.462. The third kappa shape index (κ3) is 3.53. The van der Waals surface area contributed by atoms with Crippen molar-refractivity contribution >= 4 is 29.2 Å². The molecule has 0 saturated carbocycles. The zero-order chi connectivity index (χ0) is 13.9. The van der Waals surface area contributed by atoms with E-state index in [-0.39, 0.29) is 0 Å². The highest BCUT2D eigenvalue weighted by molar-refractivity contribution is 6.36. The fourth-order valence-corrected chi connectivity index (χ4v) is 1.75. The second-order valence-corrected chi connectivity index (χ2v) is 5.18. The van der Waals surface area contributed by atoms with E-state index in [0.717, 1.165) is 5.56 Å². The Morgan fingerprint density at radius 1 is 1.28 bits per heavy atom. The molecule has 0 spiro atoms. The standard InChI is InChI=1S/C13H16Cl2O3/c1-5-17-12(16)13(3,4)18-11-6-8(2)9(14)7-10(11)15/h6-7H,5H2,1-4H3. The molecule has 0 N–H and O–H groups in total. The van der Waals surface area contributed by atoms with Gasteiger partial charge in [-0.3, -0.25) is 0 Å². The molecule has 0 heterocycles. The topological polar surface area (TPSA) is 35.5 Å². The van der Waals surface area contributed by atoms with Gasteiger partial charge in [0.25, 0.3) is 0 Å². The smallest absolute Gasteiger partial charge is 0.349 e. The Balaban J connectivity index is 2.97. The van der Waals surface area contributed by atoms with Crippen LogP contribution in [0.2, 0.25) is 10.0 Å². The zero-order valence-corrected chi connectivity index (χ0v) is 12.4. The van der Waals surface area contributed by atoms with Crippen molar-refractivity contribution in [2.24, 2.45) is 0 Å². The molecule has 0 aliphatic heterocycles. The van der Waals surface area contributed by atoms with Crippen LogP contribution in [-0.2, 0) is 9.53 Å². The molecule has 0 atom stereocenters. The molecule has 0 aliphatic rings. The average molecular weight is 291 g/mol. The number of ether oxygens (including phenoxy) is 2. The summed E-state index contributed by atoms with van der Waals surface area (Å²) < 4.78 is 10.6. The van der Waals surface area contributed by atoms with Gasteiger partial charge in [0.15, 0.2) is 5.60 Å². The predicted molar refractivity (Wildman–Crippen MR) is 72.5 cm³/mol. The number of aryl methyl sites for hydroxylation is 1. The van der Waals surface area contributed by atoms with Crippen molar-refractivity contribution in [2.45, 2.75) is 33.3 Å². The first-order valence-electron chi connectivity index (χ1n) is 5.59. The normalized spacial score (nSPS) is 11.2. The number of carbonyl (C=O) groups excluding carboxylic acids is 1. The van der Waals surface area contributed by atoms with E-state index in [2.05, 4.69) is 0 Å². The maximum absolute atomic E-state index is 11.7. The van der Waals surface area contributed by atoms with Crippen molar-refractivity contribution in [3.63, 3.8) is 0 Å². The second kappa shape index (κ2) is 5.81. The van der Waals surface area contributed by atoms with E-state index in [1.807, 2.05) is 6.92 Å². The van der Waals surface area contributed by atoms with Gasteiger partial charge in [0.05, 0.1) is 11.6 Å². The van der Waals surface area contributed by atoms with Gasteiger partial charge in [-0.05, 0) is 45.4 Å². The molecule has 0 amide bonds. The van der Waals surface area contributed by atoms with Crippen molar-refractivity contribution in [1.29, 1.82) is 0 Å². The number of hydrogen-bond donors (Lipinski definition) is 0. The predicted octanol–water partition coefficient (Wildman–Crippen LogP) is 4.02. The minimum absolute atomic E-state index is 0.305. The molecule has 0 aromatic heterocycles. The Bertz CT molecular complexity index is 456. The third-order valence-electron chi connectivity index (χ3n) is 2.35. The molecule has 0 radical (unpaired) electrons. The first-order chi connectivity index (χ1) is 8.27. The van der Waals surface area contributed by atoms with Gasteiger partial charge in [0, 0.05) is 5.02 Å². The second-order valence-electron chi connectivity index (χ2n) is 4.36. The van der Waals surface area contributed by atoms with Crippen LogP contribution in [-0.4, -0.2) is 18.2 Å². The van der Waals surface area contributed by atoms with Crippen molar-refractivity contribution in [3.8, 4) is 5.75 Å². The van der Waals surface area contributed by atoms with E-state index in [1.165, 1.54) is 0 Å². The Morgan fingerprint density at radius 2 is 1.89 bits per heavy atom. The summed E-state index contributed by atoms with van der Waals surface area (Å²) in [7, 11) is 0. The molecule has 0 unspecified atom stereocenters. The maximum atomic E-state index is 11.7. The number of rotatable bonds is 4. The van der Waals surface area contributed by atoms with Crippen LogP contribution < -0.4 is 4.74 Å². The lowest BCUT2D eigenvalue weighted by Crippen LogP contribution is -2.39. The molecule has 100 valence electrons. The highest BCUT2D eigenvalue weighted by Crippen LogP contribution is 2.33. The molecular weight excluding hydrogens is 275 g/mol. The molecule has 1 aromatic carbocycles. The van der Waals surface area contributed by atoms with Crippen LogP contribution in [0.3, 0.4) is 0 Å². The van der Waals surface area contributed by atoms with Gasteiger partial charge in [-0.1, -0.05) is 23.2 Å². The van der Waals surface area contributed by atoms with Crippen molar-refractivity contribution in [3.05, 3.63) is 27.7 Å². The van der Waals surface area contributed by atoms with Gasteiger partial charge in [0.2, 0.25) is 0 Å². The van der Waals surface area contributed by atoms with Gasteiger partial charge >= 0.3 is 5.97 Å². The molecule has 1 aromatic rings. The van der Waals surface area contributed by atoms with E-state index < -0.39 is 11.6 Å². The Morgan fingerprint density at radius 3 is 2.44 bits per heavy atom. The SMILES string of the molecule is CCOC(=O)C(C)(C)Oc1cc(C)c(Cl)cc1Cl. The average Bonchev–Trinajstić information content (AvgIpc) is 2.26. The third-order valence-corrected chi connectivity index (χ3v) is 3.05. The lowest BCUT2D eigenvalue weighted by atomic mass is 10.1. The van der Waals surface area contributed by atoms with Crippen molar-refractivity contribution in [2.75, 3.05) is 6.61 Å². The number of benzene rings is 1. The number of carbonyl (C=O) groups is 1. The van der Waals surface area contributed by atoms with Gasteiger partial charge in [0.1, 0.15) is 5.75 Å². The Kier molecular flexibility index (Phi) is 4.88. The minimum Gasteiger partial charge on any atom is -0.475 e. The Labute approximate surface area is 117 Å². The van der Waals surface area contributed by atoms with Gasteiger partial charge in [-0.15, -0.1) is 0 Å². The monoisotopic (exact) mass is 290 g/mol. The largest absolute Gasteiger partial charge is 0.475 e. The molecular formula is C13H16Cl2O3. The van der Waals surface area contributed by atoms with E-state index in [4.69, 9.17) is 32.7 Å². The van der Waals surface area contributed by atoms with E-state index in [9.17, 15) is 4.79 Å². The van der Waals surface area contributed by atoms with Crippen LogP contribution >= 0.6 is 23.2 Å². The fourth-order valence-electron chi connectivity index (χ4n) is 1.33. The summed E-state index contributed by atoms with van der Waals surface area (Å²) in [5, 5.41) is 0.921. The van der Waals surface area contributed by atoms with Crippen LogP contribution in [0.4, 0.5) is 0 Å². The minimum atomic E-state index is -1.10. The summed E-state index contributed by atoms with van der Waals surface area (Å²) in [6.07, 6.45) is 0. The maximum Gasteiger partial charge on any atom is 0.349 e. The van der Waals surface area contributed by atoms with Gasteiger partial charge < -0.3 is 9.47 Å². The highest BCUT2D eigenvalue weighted by atomic mass is 35.5. The quantitative estimate of drug-likeness (QED) is 0.786. The summed E-state index contributed by atoms with van der Waals surface area (Å²) in [4.78, 5) is 11.7. The molecule has 3 nitrogen and oxygen atoms in total. The molecule has 18 heavy (non-hydrogen) atoms. The molecule has 0 bridgehead atoms. The summed E-state index contributed by atoms with van der Waals surface area (Å²) in [6.45, 7) is 7.14. The number of hydrogen-bond acceptors (Lipinski definition) is 3. The molecule has 5 heteroatoms. The van der Waals surface area contributed by atoms with Gasteiger partial charge in [-0.25, -0.2) is 4.79 Å². The first-order valence-corrected chi connectivity index (χ1v) is 6.35. The summed E-state index contributed by atoms with van der Waals surface area (Å²) in [6, 6.07) is 3.29. The van der Waals surface area contributed by atoms with E-state index in [0.29, 0.717) is 22.4 Å². The zero-order valence-electron chi connectivity index (χ0n) is 10.8. The summed E-state index contributed by atoms with van der Waals surface area (Å²) in [5.74, 6) is -0.0229. The van der Waals surface area contributed by atoms with Gasteiger partial charge in [-0.2, -0.15) is 0 Å². The summed E-state index contributed by atoms with van der Waals surface area (Å²) in [5.41, 5.74) is -0.268. The first kappa shape index (κ1) is 15.1. The molecule has 0 aliphatic carbocycles. The van der Waals surface area contributed by atoms with E-state index >= 15 is 0 Å². The number of halogens is 2. The van der Waals surface area contributed by atoms with Crippen molar-refractivity contribution < 1.29 is 14.3 Å². The van der Waals surface area contributed by atoms with Crippen LogP contribution in [0, 0.1) is 6.92 Å². The molecule has 0 fully saturated rings. The van der Waals surface area contributed by atoms with Crippen LogP contribution in [0.25, 0.3) is 0 Å². The molecule has 1 rings (SSSR count). The summed E-state index contributed by atoms with van der Waals surface area (Å²) >= 11 is 12.0. The van der Waals surface area contributed by atoms with Crippen molar-refractivity contribution in [1.82, 2.24) is 0 Å². The number of esters is 1. The molecule has 0 saturated heterocycles. The van der Waals surface area contributed by atoms with E-state index in [1.54, 1.807) is 32.9 Å². The van der Waals surface area contributed by atoms with Crippen LogP contribution in [0.1, 0.15) is 26.3 Å². The Hall–Kier alpha value is -0.930. The lowest BCUT2D eigenvalue weighted by Gasteiger charge is -2.25. The lowest BCUT2D eigenvalue weighted by molar-refractivity contribution is -0.158.